The Morgan fingerprint density at radius 2 is 1.81 bits per heavy atom. The highest BCUT2D eigenvalue weighted by atomic mass is 35.5. The summed E-state index contributed by atoms with van der Waals surface area (Å²) in [6, 6.07) is 14.9. The number of carbonyl (C=O) groups excluding carboxylic acids is 2. The van der Waals surface area contributed by atoms with Gasteiger partial charge in [-0.15, -0.1) is 0 Å². The van der Waals surface area contributed by atoms with Crippen molar-refractivity contribution in [3.8, 4) is 5.75 Å². The van der Waals surface area contributed by atoms with Gasteiger partial charge >= 0.3 is 0 Å². The fourth-order valence-electron chi connectivity index (χ4n) is 4.02. The molecule has 1 heterocycles. The molecule has 31 heavy (non-hydrogen) atoms. The Bertz CT molecular complexity index is 882. The van der Waals surface area contributed by atoms with Gasteiger partial charge in [0, 0.05) is 18.5 Å². The van der Waals surface area contributed by atoms with Crippen LogP contribution in [0.3, 0.4) is 0 Å². The van der Waals surface area contributed by atoms with Crippen LogP contribution >= 0.6 is 11.6 Å². The number of hydrogen-bond acceptors (Lipinski definition) is 4. The third-order valence-corrected chi connectivity index (χ3v) is 5.84. The minimum Gasteiger partial charge on any atom is -0.497 e. The van der Waals surface area contributed by atoms with Crippen molar-refractivity contribution < 1.29 is 14.3 Å². The van der Waals surface area contributed by atoms with Crippen molar-refractivity contribution in [2.24, 2.45) is 0 Å². The molecular weight excluding hydrogens is 414 g/mol. The van der Waals surface area contributed by atoms with Crippen molar-refractivity contribution in [2.45, 2.75) is 38.3 Å². The molecule has 3 rings (SSSR count). The molecule has 7 heteroatoms. The highest BCUT2D eigenvalue weighted by Crippen LogP contribution is 2.27. The maximum absolute atomic E-state index is 12.8. The van der Waals surface area contributed by atoms with Gasteiger partial charge in [0.1, 0.15) is 5.75 Å². The number of likely N-dealkylation sites (tertiary alicyclic amines) is 1. The second-order valence-electron chi connectivity index (χ2n) is 7.85. The maximum Gasteiger partial charge on any atom is 0.222 e. The average molecular weight is 444 g/mol. The first kappa shape index (κ1) is 23.1. The van der Waals surface area contributed by atoms with Crippen LogP contribution in [0.15, 0.2) is 48.5 Å². The van der Waals surface area contributed by atoms with Gasteiger partial charge in [-0.2, -0.15) is 0 Å². The van der Waals surface area contributed by atoms with E-state index in [0.29, 0.717) is 11.6 Å². The molecule has 2 amide bonds. The van der Waals surface area contributed by atoms with Crippen LogP contribution in [0.4, 0.5) is 0 Å². The van der Waals surface area contributed by atoms with Crippen LogP contribution in [0.25, 0.3) is 0 Å². The van der Waals surface area contributed by atoms with Crippen LogP contribution in [0, 0.1) is 0 Å². The van der Waals surface area contributed by atoms with Crippen molar-refractivity contribution in [3.63, 3.8) is 0 Å². The van der Waals surface area contributed by atoms with Gasteiger partial charge in [-0.25, -0.2) is 0 Å². The van der Waals surface area contributed by atoms with E-state index < -0.39 is 6.04 Å². The van der Waals surface area contributed by atoms with Crippen LogP contribution in [-0.4, -0.2) is 43.5 Å². The fourth-order valence-corrected chi connectivity index (χ4v) is 4.15. The largest absolute Gasteiger partial charge is 0.497 e. The summed E-state index contributed by atoms with van der Waals surface area (Å²) >= 11 is 5.97. The summed E-state index contributed by atoms with van der Waals surface area (Å²) in [7, 11) is 1.66. The topological polar surface area (TPSA) is 70.7 Å². The van der Waals surface area contributed by atoms with E-state index in [1.54, 1.807) is 19.2 Å². The molecule has 2 N–H and O–H groups in total. The van der Waals surface area contributed by atoms with Gasteiger partial charge in [-0.3, -0.25) is 14.5 Å². The molecule has 2 aromatic rings. The summed E-state index contributed by atoms with van der Waals surface area (Å²) in [6.07, 6.45) is 2.48. The zero-order valence-corrected chi connectivity index (χ0v) is 18.8. The van der Waals surface area contributed by atoms with Crippen molar-refractivity contribution in [3.05, 3.63) is 64.7 Å². The highest BCUT2D eigenvalue weighted by Gasteiger charge is 2.25. The van der Waals surface area contributed by atoms with E-state index in [9.17, 15) is 9.59 Å². The Morgan fingerprint density at radius 1 is 1.10 bits per heavy atom. The predicted octanol–water partition coefficient (Wildman–Crippen LogP) is 3.87. The molecule has 1 aliphatic rings. The van der Waals surface area contributed by atoms with Crippen molar-refractivity contribution >= 4 is 23.4 Å². The number of amides is 2. The van der Waals surface area contributed by atoms with Crippen LogP contribution in [-0.2, 0) is 9.59 Å². The minimum atomic E-state index is -0.406. The Hall–Kier alpha value is -2.57. The van der Waals surface area contributed by atoms with Crippen LogP contribution in [0.2, 0.25) is 5.02 Å². The van der Waals surface area contributed by atoms with Gasteiger partial charge in [0.05, 0.1) is 25.6 Å². The number of nitrogens with zero attached hydrogens (tertiary/aromatic N) is 1. The SMILES string of the molecule is COc1cccc(C(CNC(=O)CC(NC(C)=O)c2ccc(Cl)cc2)N2CCCC2)c1. The lowest BCUT2D eigenvalue weighted by atomic mass is 10.0. The molecule has 6 nitrogen and oxygen atoms in total. The smallest absolute Gasteiger partial charge is 0.222 e. The van der Waals surface area contributed by atoms with Gasteiger partial charge in [0.15, 0.2) is 0 Å². The molecule has 166 valence electrons. The minimum absolute atomic E-state index is 0.0799. The van der Waals surface area contributed by atoms with E-state index in [2.05, 4.69) is 21.6 Å². The molecule has 0 bridgehead atoms. The van der Waals surface area contributed by atoms with E-state index in [0.717, 1.165) is 42.8 Å². The first-order chi connectivity index (χ1) is 15.0. The highest BCUT2D eigenvalue weighted by molar-refractivity contribution is 6.30. The third kappa shape index (κ3) is 6.71. The number of ether oxygens (including phenoxy) is 1. The molecule has 2 aromatic carbocycles. The molecule has 1 saturated heterocycles. The molecule has 0 aromatic heterocycles. The fraction of sp³-hybridized carbons (Fsp3) is 0.417. The average Bonchev–Trinajstić information content (AvgIpc) is 3.28. The summed E-state index contributed by atoms with van der Waals surface area (Å²) in [4.78, 5) is 26.9. The van der Waals surface area contributed by atoms with Crippen molar-refractivity contribution in [2.75, 3.05) is 26.7 Å². The first-order valence-corrected chi connectivity index (χ1v) is 11.0. The number of rotatable bonds is 9. The molecule has 1 aliphatic heterocycles. The molecule has 1 fully saturated rings. The van der Waals surface area contributed by atoms with E-state index in [-0.39, 0.29) is 24.3 Å². The first-order valence-electron chi connectivity index (χ1n) is 10.6. The Kier molecular flexibility index (Phi) is 8.32. The number of methoxy groups -OCH3 is 1. The van der Waals surface area contributed by atoms with Crippen LogP contribution < -0.4 is 15.4 Å². The Morgan fingerprint density at radius 3 is 2.45 bits per heavy atom. The summed E-state index contributed by atoms with van der Waals surface area (Å²) in [5, 5.41) is 6.56. The second kappa shape index (κ2) is 11.2. The van der Waals surface area contributed by atoms with E-state index in [1.165, 1.54) is 6.92 Å². The molecule has 0 spiro atoms. The van der Waals surface area contributed by atoms with E-state index in [4.69, 9.17) is 16.3 Å². The number of nitrogens with one attached hydrogen (secondary N) is 2. The molecule has 0 saturated carbocycles. The van der Waals surface area contributed by atoms with E-state index >= 15 is 0 Å². The van der Waals surface area contributed by atoms with Gasteiger partial charge in [0.25, 0.3) is 0 Å². The zero-order chi connectivity index (χ0) is 22.2. The number of hydrogen-bond donors (Lipinski definition) is 2. The monoisotopic (exact) mass is 443 g/mol. The lowest BCUT2D eigenvalue weighted by Crippen LogP contribution is -2.38. The molecule has 0 aliphatic carbocycles. The molecule has 0 radical (unpaired) electrons. The third-order valence-electron chi connectivity index (χ3n) is 5.59. The van der Waals surface area contributed by atoms with E-state index in [1.807, 2.05) is 30.3 Å². The number of halogens is 1. The summed E-state index contributed by atoms with van der Waals surface area (Å²) < 4.78 is 5.38. The second-order valence-corrected chi connectivity index (χ2v) is 8.28. The van der Waals surface area contributed by atoms with Gasteiger partial charge in [-0.05, 0) is 61.3 Å². The Labute approximate surface area is 188 Å². The van der Waals surface area contributed by atoms with Gasteiger partial charge < -0.3 is 15.4 Å². The van der Waals surface area contributed by atoms with Gasteiger partial charge in [-0.1, -0.05) is 35.9 Å². The summed E-state index contributed by atoms with van der Waals surface area (Å²) in [5.74, 6) is 0.515. The lowest BCUT2D eigenvalue weighted by molar-refractivity contribution is -0.123. The lowest BCUT2D eigenvalue weighted by Gasteiger charge is -2.29. The van der Waals surface area contributed by atoms with Crippen LogP contribution in [0.1, 0.15) is 49.4 Å². The molecule has 2 atom stereocenters. The van der Waals surface area contributed by atoms with Crippen LogP contribution in [0.5, 0.6) is 5.75 Å². The summed E-state index contributed by atoms with van der Waals surface area (Å²) in [6.45, 7) is 3.97. The molecule has 2 unspecified atom stereocenters. The maximum atomic E-state index is 12.8. The molecular formula is C24H30ClN3O3. The van der Waals surface area contributed by atoms with Crippen molar-refractivity contribution in [1.82, 2.24) is 15.5 Å². The normalized spacial score (nSPS) is 15.8. The Balaban J connectivity index is 1.68. The predicted molar refractivity (Wildman–Crippen MR) is 122 cm³/mol. The number of benzene rings is 2. The quantitative estimate of drug-likeness (QED) is 0.617. The zero-order valence-electron chi connectivity index (χ0n) is 18.1. The standard InChI is InChI=1S/C24H30ClN3O3/c1-17(29)27-22(18-8-10-20(25)11-9-18)15-24(30)26-16-23(28-12-3-4-13-28)19-6-5-7-21(14-19)31-2/h5-11,14,22-23H,3-4,12-13,15-16H2,1-2H3,(H,26,30)(H,27,29). The van der Waals surface area contributed by atoms with Gasteiger partial charge in [0.2, 0.25) is 11.8 Å². The number of carbonyl (C=O) groups is 2. The van der Waals surface area contributed by atoms with Crippen molar-refractivity contribution in [1.29, 1.82) is 0 Å². The summed E-state index contributed by atoms with van der Waals surface area (Å²) in [5.41, 5.74) is 1.97.